The number of aliphatic hydroxyl groups is 4. The van der Waals surface area contributed by atoms with E-state index in [2.05, 4.69) is 4.74 Å². The Hall–Kier alpha value is -0.200. The van der Waals surface area contributed by atoms with Crippen LogP contribution in [-0.4, -0.2) is 52.6 Å². The highest BCUT2D eigenvalue weighted by molar-refractivity contribution is 4.52. The van der Waals surface area contributed by atoms with Crippen LogP contribution in [0.25, 0.3) is 0 Å². The van der Waals surface area contributed by atoms with Gasteiger partial charge in [0, 0.05) is 0 Å². The molecule has 0 rings (SSSR count). The van der Waals surface area contributed by atoms with Gasteiger partial charge in [0.2, 0.25) is 0 Å². The lowest BCUT2D eigenvalue weighted by Crippen LogP contribution is -2.30. The standard InChI is InChI=1S/C5H12O5/c6-1-4(2-7)10-5(9)3-8/h4-9H,1-3H2/t5-/m1/s1. The second kappa shape index (κ2) is 5.57. The van der Waals surface area contributed by atoms with Crippen LogP contribution in [-0.2, 0) is 4.74 Å². The molecule has 0 spiro atoms. The monoisotopic (exact) mass is 152 g/mol. The molecule has 0 saturated heterocycles. The molecule has 1 atom stereocenters. The van der Waals surface area contributed by atoms with Crippen LogP contribution in [0.15, 0.2) is 0 Å². The van der Waals surface area contributed by atoms with Crippen LogP contribution in [0.1, 0.15) is 0 Å². The molecule has 62 valence electrons. The van der Waals surface area contributed by atoms with Crippen molar-refractivity contribution in [2.24, 2.45) is 0 Å². The van der Waals surface area contributed by atoms with Crippen molar-refractivity contribution >= 4 is 0 Å². The molecular weight excluding hydrogens is 140 g/mol. The quantitative estimate of drug-likeness (QED) is 0.332. The molecule has 0 aromatic heterocycles. The molecule has 0 aromatic carbocycles. The average molecular weight is 152 g/mol. The van der Waals surface area contributed by atoms with Gasteiger partial charge in [-0.2, -0.15) is 0 Å². The lowest BCUT2D eigenvalue weighted by molar-refractivity contribution is -0.173. The van der Waals surface area contributed by atoms with Crippen molar-refractivity contribution in [3.63, 3.8) is 0 Å². The van der Waals surface area contributed by atoms with Gasteiger partial charge in [0.25, 0.3) is 0 Å². The molecule has 10 heavy (non-hydrogen) atoms. The van der Waals surface area contributed by atoms with Gasteiger partial charge in [0.15, 0.2) is 6.29 Å². The normalized spacial score (nSPS) is 14.1. The topological polar surface area (TPSA) is 90.2 Å². The van der Waals surface area contributed by atoms with Crippen molar-refractivity contribution in [2.45, 2.75) is 12.4 Å². The van der Waals surface area contributed by atoms with Crippen LogP contribution in [0.5, 0.6) is 0 Å². The van der Waals surface area contributed by atoms with Gasteiger partial charge >= 0.3 is 0 Å². The highest BCUT2D eigenvalue weighted by Crippen LogP contribution is 1.93. The minimum absolute atomic E-state index is 0.381. The summed E-state index contributed by atoms with van der Waals surface area (Å²) in [6.45, 7) is -1.31. The molecule has 0 aliphatic carbocycles. The Kier molecular flexibility index (Phi) is 5.46. The lowest BCUT2D eigenvalue weighted by Gasteiger charge is -2.15. The van der Waals surface area contributed by atoms with Crippen LogP contribution in [0.2, 0.25) is 0 Å². The van der Waals surface area contributed by atoms with E-state index in [0.717, 1.165) is 0 Å². The smallest absolute Gasteiger partial charge is 0.178 e. The zero-order chi connectivity index (χ0) is 7.98. The third kappa shape index (κ3) is 3.76. The predicted molar refractivity (Wildman–Crippen MR) is 32.1 cm³/mol. The van der Waals surface area contributed by atoms with E-state index in [9.17, 15) is 0 Å². The summed E-state index contributed by atoms with van der Waals surface area (Å²) in [6, 6.07) is 0. The van der Waals surface area contributed by atoms with Crippen molar-refractivity contribution in [1.29, 1.82) is 0 Å². The minimum Gasteiger partial charge on any atom is -0.394 e. The molecule has 0 aliphatic rings. The molecule has 0 bridgehead atoms. The molecular formula is C5H12O5. The SMILES string of the molecule is OCC(CO)O[C@@H](O)CO. The summed E-state index contributed by atoms with van der Waals surface area (Å²) in [5.74, 6) is 0. The zero-order valence-corrected chi connectivity index (χ0v) is 5.47. The van der Waals surface area contributed by atoms with Crippen LogP contribution in [0, 0.1) is 0 Å². The summed E-state index contributed by atoms with van der Waals surface area (Å²) in [7, 11) is 0. The summed E-state index contributed by atoms with van der Waals surface area (Å²) in [6.07, 6.45) is -2.15. The van der Waals surface area contributed by atoms with E-state index in [-0.39, 0.29) is 13.2 Å². The van der Waals surface area contributed by atoms with Gasteiger partial charge in [0.05, 0.1) is 19.8 Å². The molecule has 0 radical (unpaired) electrons. The summed E-state index contributed by atoms with van der Waals surface area (Å²) in [5, 5.41) is 33.6. The molecule has 0 saturated carbocycles. The van der Waals surface area contributed by atoms with E-state index in [4.69, 9.17) is 20.4 Å². The Labute approximate surface area is 58.5 Å². The van der Waals surface area contributed by atoms with Gasteiger partial charge in [-0.15, -0.1) is 0 Å². The molecule has 0 aliphatic heterocycles. The Morgan fingerprint density at radius 2 is 1.50 bits per heavy atom. The van der Waals surface area contributed by atoms with Crippen LogP contribution in [0.4, 0.5) is 0 Å². The second-order valence-electron chi connectivity index (χ2n) is 1.76. The van der Waals surface area contributed by atoms with Gasteiger partial charge in [-0.1, -0.05) is 0 Å². The summed E-state index contributed by atoms with van der Waals surface area (Å²) < 4.78 is 4.50. The molecule has 5 heteroatoms. The number of ether oxygens (including phenoxy) is 1. The largest absolute Gasteiger partial charge is 0.394 e. The highest BCUT2D eigenvalue weighted by Gasteiger charge is 2.10. The molecule has 5 nitrogen and oxygen atoms in total. The molecule has 0 fully saturated rings. The molecule has 0 aromatic rings. The fraction of sp³-hybridized carbons (Fsp3) is 1.00. The fourth-order valence-electron chi connectivity index (χ4n) is 0.409. The Balaban J connectivity index is 3.41. The molecule has 0 unspecified atom stereocenters. The number of aliphatic hydroxyl groups excluding tert-OH is 4. The van der Waals surface area contributed by atoms with Crippen molar-refractivity contribution in [2.75, 3.05) is 19.8 Å². The maximum atomic E-state index is 8.60. The first-order chi connectivity index (χ1) is 4.74. The van der Waals surface area contributed by atoms with Crippen molar-refractivity contribution < 1.29 is 25.2 Å². The summed E-state index contributed by atoms with van der Waals surface area (Å²) in [4.78, 5) is 0. The van der Waals surface area contributed by atoms with E-state index in [1.165, 1.54) is 0 Å². The first-order valence-corrected chi connectivity index (χ1v) is 2.90. The van der Waals surface area contributed by atoms with E-state index < -0.39 is 19.0 Å². The van der Waals surface area contributed by atoms with Crippen LogP contribution >= 0.6 is 0 Å². The third-order valence-electron chi connectivity index (χ3n) is 0.913. The number of hydrogen-bond acceptors (Lipinski definition) is 5. The first kappa shape index (κ1) is 9.80. The fourth-order valence-corrected chi connectivity index (χ4v) is 0.409. The minimum atomic E-state index is -1.33. The van der Waals surface area contributed by atoms with Gasteiger partial charge in [-0.25, -0.2) is 0 Å². The van der Waals surface area contributed by atoms with E-state index in [1.807, 2.05) is 0 Å². The van der Waals surface area contributed by atoms with Crippen molar-refractivity contribution in [1.82, 2.24) is 0 Å². The first-order valence-electron chi connectivity index (χ1n) is 2.90. The maximum absolute atomic E-state index is 8.60. The predicted octanol–water partition coefficient (Wildman–Crippen LogP) is -2.33. The van der Waals surface area contributed by atoms with Gasteiger partial charge in [-0.3, -0.25) is 0 Å². The average Bonchev–Trinajstić information content (AvgIpc) is 1.99. The van der Waals surface area contributed by atoms with E-state index in [0.29, 0.717) is 0 Å². The Bertz CT molecular complexity index is 72.4. The van der Waals surface area contributed by atoms with Crippen molar-refractivity contribution in [3.8, 4) is 0 Å². The third-order valence-corrected chi connectivity index (χ3v) is 0.913. The number of rotatable bonds is 5. The zero-order valence-electron chi connectivity index (χ0n) is 5.47. The molecule has 4 N–H and O–H groups in total. The Morgan fingerprint density at radius 3 is 1.80 bits per heavy atom. The summed E-state index contributed by atoms with van der Waals surface area (Å²) >= 11 is 0. The summed E-state index contributed by atoms with van der Waals surface area (Å²) in [5.41, 5.74) is 0. The molecule has 0 heterocycles. The van der Waals surface area contributed by atoms with Crippen LogP contribution < -0.4 is 0 Å². The lowest BCUT2D eigenvalue weighted by atomic mass is 10.4. The van der Waals surface area contributed by atoms with Gasteiger partial charge in [0.1, 0.15) is 6.10 Å². The van der Waals surface area contributed by atoms with Crippen LogP contribution in [0.3, 0.4) is 0 Å². The Morgan fingerprint density at radius 1 is 1.00 bits per heavy atom. The molecule has 0 amide bonds. The van der Waals surface area contributed by atoms with E-state index in [1.54, 1.807) is 0 Å². The van der Waals surface area contributed by atoms with Gasteiger partial charge < -0.3 is 25.2 Å². The van der Waals surface area contributed by atoms with E-state index >= 15 is 0 Å². The van der Waals surface area contributed by atoms with Gasteiger partial charge in [-0.05, 0) is 0 Å². The number of hydrogen-bond donors (Lipinski definition) is 4. The highest BCUT2D eigenvalue weighted by atomic mass is 16.6. The van der Waals surface area contributed by atoms with Crippen molar-refractivity contribution in [3.05, 3.63) is 0 Å². The maximum Gasteiger partial charge on any atom is 0.178 e. The second-order valence-corrected chi connectivity index (χ2v) is 1.76.